The molecule has 1 aliphatic carbocycles. The van der Waals surface area contributed by atoms with Gasteiger partial charge in [-0.05, 0) is 12.8 Å². The first-order valence-corrected chi connectivity index (χ1v) is 3.75. The fraction of sp³-hybridized carbons (Fsp3) is 0.500. The van der Waals surface area contributed by atoms with Crippen molar-refractivity contribution in [1.82, 2.24) is 9.78 Å². The zero-order valence-corrected chi connectivity index (χ0v) is 6.41. The van der Waals surface area contributed by atoms with Gasteiger partial charge in [0.25, 0.3) is 0 Å². The fourth-order valence-electron chi connectivity index (χ4n) is 1.37. The summed E-state index contributed by atoms with van der Waals surface area (Å²) in [4.78, 5) is 0. The Kier molecular flexibility index (Phi) is 1.22. The SMILES string of the molecule is Cn1ncc(C#N)c1C1CC1. The molecule has 1 aromatic heterocycles. The summed E-state index contributed by atoms with van der Waals surface area (Å²) < 4.78 is 1.82. The van der Waals surface area contributed by atoms with Gasteiger partial charge in [0.1, 0.15) is 6.07 Å². The number of aromatic nitrogens is 2. The predicted octanol–water partition coefficient (Wildman–Crippen LogP) is 1.17. The van der Waals surface area contributed by atoms with Gasteiger partial charge < -0.3 is 0 Å². The van der Waals surface area contributed by atoms with Gasteiger partial charge in [-0.2, -0.15) is 10.4 Å². The fourth-order valence-corrected chi connectivity index (χ4v) is 1.37. The van der Waals surface area contributed by atoms with E-state index in [0.717, 1.165) is 11.3 Å². The molecule has 1 aromatic rings. The third kappa shape index (κ3) is 0.911. The molecular weight excluding hydrogens is 138 g/mol. The van der Waals surface area contributed by atoms with Crippen LogP contribution in [0.25, 0.3) is 0 Å². The molecule has 0 N–H and O–H groups in total. The zero-order valence-electron chi connectivity index (χ0n) is 6.41. The van der Waals surface area contributed by atoms with Gasteiger partial charge in [0.15, 0.2) is 0 Å². The highest BCUT2D eigenvalue weighted by atomic mass is 15.3. The smallest absolute Gasteiger partial charge is 0.103 e. The second-order valence-electron chi connectivity index (χ2n) is 2.95. The molecule has 0 atom stereocenters. The monoisotopic (exact) mass is 147 g/mol. The van der Waals surface area contributed by atoms with E-state index >= 15 is 0 Å². The van der Waals surface area contributed by atoms with Crippen LogP contribution in [0.3, 0.4) is 0 Å². The van der Waals surface area contributed by atoms with Crippen molar-refractivity contribution in [2.45, 2.75) is 18.8 Å². The Hall–Kier alpha value is -1.30. The van der Waals surface area contributed by atoms with Gasteiger partial charge in [-0.3, -0.25) is 4.68 Å². The van der Waals surface area contributed by atoms with E-state index in [9.17, 15) is 0 Å². The van der Waals surface area contributed by atoms with Gasteiger partial charge in [-0.15, -0.1) is 0 Å². The predicted molar refractivity (Wildman–Crippen MR) is 39.9 cm³/mol. The standard InChI is InChI=1S/C8H9N3/c1-11-8(6-2-3-6)7(4-9)5-10-11/h5-6H,2-3H2,1H3. The van der Waals surface area contributed by atoms with Gasteiger partial charge in [0.05, 0.1) is 17.5 Å². The Bertz CT molecular complexity index is 315. The van der Waals surface area contributed by atoms with Crippen molar-refractivity contribution in [3.05, 3.63) is 17.5 Å². The second-order valence-corrected chi connectivity index (χ2v) is 2.95. The van der Waals surface area contributed by atoms with Crippen molar-refractivity contribution < 1.29 is 0 Å². The molecule has 1 saturated carbocycles. The highest BCUT2D eigenvalue weighted by Gasteiger charge is 2.29. The van der Waals surface area contributed by atoms with E-state index in [2.05, 4.69) is 11.2 Å². The van der Waals surface area contributed by atoms with Gasteiger partial charge >= 0.3 is 0 Å². The summed E-state index contributed by atoms with van der Waals surface area (Å²) in [6, 6.07) is 2.15. The molecule has 11 heavy (non-hydrogen) atoms. The van der Waals surface area contributed by atoms with Crippen LogP contribution in [-0.4, -0.2) is 9.78 Å². The minimum atomic E-state index is 0.608. The number of nitriles is 1. The van der Waals surface area contributed by atoms with Gasteiger partial charge in [0, 0.05) is 13.0 Å². The molecule has 0 spiro atoms. The third-order valence-corrected chi connectivity index (χ3v) is 2.07. The summed E-state index contributed by atoms with van der Waals surface area (Å²) in [6.45, 7) is 0. The molecule has 3 heteroatoms. The lowest BCUT2D eigenvalue weighted by atomic mass is 10.2. The molecule has 0 saturated heterocycles. The summed E-state index contributed by atoms with van der Waals surface area (Å²) in [5.74, 6) is 0.608. The summed E-state index contributed by atoms with van der Waals surface area (Å²) in [7, 11) is 1.90. The molecular formula is C8H9N3. The maximum Gasteiger partial charge on any atom is 0.103 e. The van der Waals surface area contributed by atoms with Crippen molar-refractivity contribution in [2.24, 2.45) is 7.05 Å². The van der Waals surface area contributed by atoms with Crippen LogP contribution in [-0.2, 0) is 7.05 Å². The Labute approximate surface area is 65.3 Å². The van der Waals surface area contributed by atoms with E-state index in [4.69, 9.17) is 5.26 Å². The van der Waals surface area contributed by atoms with Crippen molar-refractivity contribution >= 4 is 0 Å². The van der Waals surface area contributed by atoms with Crippen LogP contribution in [0.15, 0.2) is 6.20 Å². The third-order valence-electron chi connectivity index (χ3n) is 2.07. The van der Waals surface area contributed by atoms with Gasteiger partial charge in [0.2, 0.25) is 0 Å². The summed E-state index contributed by atoms with van der Waals surface area (Å²) in [6.07, 6.45) is 4.08. The lowest BCUT2D eigenvalue weighted by molar-refractivity contribution is 0.713. The molecule has 0 radical (unpaired) electrons. The van der Waals surface area contributed by atoms with E-state index in [1.54, 1.807) is 6.20 Å². The van der Waals surface area contributed by atoms with E-state index in [1.807, 2.05) is 11.7 Å². The second kappa shape index (κ2) is 2.09. The van der Waals surface area contributed by atoms with Crippen LogP contribution in [0.2, 0.25) is 0 Å². The summed E-state index contributed by atoms with van der Waals surface area (Å²) >= 11 is 0. The first-order chi connectivity index (χ1) is 5.33. The highest BCUT2D eigenvalue weighted by Crippen LogP contribution is 2.40. The maximum absolute atomic E-state index is 8.71. The normalized spacial score (nSPS) is 16.4. The summed E-state index contributed by atoms with van der Waals surface area (Å²) in [5.41, 5.74) is 1.86. The molecule has 1 aliphatic rings. The van der Waals surface area contributed by atoms with E-state index < -0.39 is 0 Å². The quantitative estimate of drug-likeness (QED) is 0.598. The lowest BCUT2D eigenvalue weighted by Crippen LogP contribution is -1.96. The molecule has 0 aromatic carbocycles. The van der Waals surface area contributed by atoms with Crippen molar-refractivity contribution in [1.29, 1.82) is 5.26 Å². The van der Waals surface area contributed by atoms with Crippen LogP contribution in [0.5, 0.6) is 0 Å². The van der Waals surface area contributed by atoms with Crippen LogP contribution >= 0.6 is 0 Å². The molecule has 56 valence electrons. The minimum absolute atomic E-state index is 0.608. The van der Waals surface area contributed by atoms with Crippen LogP contribution in [0, 0.1) is 11.3 Å². The van der Waals surface area contributed by atoms with Crippen LogP contribution in [0.4, 0.5) is 0 Å². The molecule has 0 aliphatic heterocycles. The Morgan fingerprint density at radius 2 is 2.45 bits per heavy atom. The molecule has 0 bridgehead atoms. The van der Waals surface area contributed by atoms with Gasteiger partial charge in [-0.1, -0.05) is 0 Å². The zero-order chi connectivity index (χ0) is 7.84. The van der Waals surface area contributed by atoms with Crippen molar-refractivity contribution in [3.8, 4) is 6.07 Å². The Morgan fingerprint density at radius 3 is 3.00 bits per heavy atom. The first-order valence-electron chi connectivity index (χ1n) is 3.75. The number of hydrogen-bond donors (Lipinski definition) is 0. The summed E-state index contributed by atoms with van der Waals surface area (Å²) in [5, 5.41) is 12.7. The molecule has 1 fully saturated rings. The molecule has 1 heterocycles. The van der Waals surface area contributed by atoms with Crippen molar-refractivity contribution in [2.75, 3.05) is 0 Å². The number of nitrogens with zero attached hydrogens (tertiary/aromatic N) is 3. The lowest BCUT2D eigenvalue weighted by Gasteiger charge is -1.97. The topological polar surface area (TPSA) is 41.6 Å². The number of hydrogen-bond acceptors (Lipinski definition) is 2. The van der Waals surface area contributed by atoms with E-state index in [0.29, 0.717) is 5.92 Å². The molecule has 0 unspecified atom stereocenters. The minimum Gasteiger partial charge on any atom is -0.271 e. The van der Waals surface area contributed by atoms with Gasteiger partial charge in [-0.25, -0.2) is 0 Å². The molecule has 3 nitrogen and oxygen atoms in total. The average Bonchev–Trinajstić information content (AvgIpc) is 2.76. The average molecular weight is 147 g/mol. The van der Waals surface area contributed by atoms with Crippen LogP contribution < -0.4 is 0 Å². The van der Waals surface area contributed by atoms with E-state index in [-0.39, 0.29) is 0 Å². The molecule has 2 rings (SSSR count). The Balaban J connectivity index is 2.48. The number of rotatable bonds is 1. The van der Waals surface area contributed by atoms with Crippen LogP contribution in [0.1, 0.15) is 30.0 Å². The molecule has 0 amide bonds. The van der Waals surface area contributed by atoms with Crippen molar-refractivity contribution in [3.63, 3.8) is 0 Å². The Morgan fingerprint density at radius 1 is 1.73 bits per heavy atom. The van der Waals surface area contributed by atoms with E-state index in [1.165, 1.54) is 12.8 Å². The number of aryl methyl sites for hydroxylation is 1. The first kappa shape index (κ1) is 6.41. The maximum atomic E-state index is 8.71. The highest BCUT2D eigenvalue weighted by molar-refractivity contribution is 5.35. The largest absolute Gasteiger partial charge is 0.271 e.